The summed E-state index contributed by atoms with van der Waals surface area (Å²) in [5.74, 6) is -0.651. The van der Waals surface area contributed by atoms with Gasteiger partial charge in [0.15, 0.2) is 0 Å². The molecule has 0 aliphatic heterocycles. The lowest BCUT2D eigenvalue weighted by Crippen LogP contribution is -2.39. The zero-order chi connectivity index (χ0) is 15.2. The third kappa shape index (κ3) is 4.13. The average molecular weight is 286 g/mol. The lowest BCUT2D eigenvalue weighted by Gasteiger charge is -2.24. The summed E-state index contributed by atoms with van der Waals surface area (Å²) in [6.45, 7) is 2.46. The molecule has 2 aromatic rings. The number of nitrogens with zero attached hydrogens (tertiary/aromatic N) is 1. The van der Waals surface area contributed by atoms with Crippen molar-refractivity contribution >= 4 is 11.6 Å². The Bertz CT molecular complexity index is 601. The van der Waals surface area contributed by atoms with E-state index in [4.69, 9.17) is 0 Å². The summed E-state index contributed by atoms with van der Waals surface area (Å²) < 4.78 is 13.5. The lowest BCUT2D eigenvalue weighted by molar-refractivity contribution is -0.120. The Labute approximate surface area is 124 Å². The monoisotopic (exact) mass is 286 g/mol. The van der Waals surface area contributed by atoms with Crippen molar-refractivity contribution in [1.29, 1.82) is 0 Å². The van der Waals surface area contributed by atoms with Crippen LogP contribution in [0.3, 0.4) is 0 Å². The van der Waals surface area contributed by atoms with E-state index >= 15 is 0 Å². The normalized spacial score (nSPS) is 12.2. The lowest BCUT2D eigenvalue weighted by atomic mass is 10.2. The molecule has 1 amide bonds. The Balaban J connectivity index is 1.97. The number of hydrogen-bond acceptors (Lipinski definition) is 2. The Hall–Kier alpha value is -2.20. The fourth-order valence-corrected chi connectivity index (χ4v) is 2.01. The van der Waals surface area contributed by atoms with E-state index in [1.165, 1.54) is 6.07 Å². The first kappa shape index (κ1) is 15.2. The minimum atomic E-state index is -0.427. The van der Waals surface area contributed by atoms with Crippen LogP contribution in [-0.4, -0.2) is 23.9 Å². The highest BCUT2D eigenvalue weighted by molar-refractivity contribution is 5.94. The number of anilines is 1. The molecule has 0 bridgehead atoms. The zero-order valence-electron chi connectivity index (χ0n) is 12.2. The molecule has 2 aromatic carbocycles. The summed E-state index contributed by atoms with van der Waals surface area (Å²) in [6, 6.07) is 15.7. The van der Waals surface area contributed by atoms with Crippen LogP contribution in [0, 0.1) is 5.82 Å². The standard InChI is InChI=1S/C17H19FN2O/c1-13(20(2)12-14-8-4-3-5-9-14)17(21)19-16-11-7-6-10-15(16)18/h3-11,13H,12H2,1-2H3,(H,19,21)/t13-/m1/s1. The molecule has 0 unspecified atom stereocenters. The summed E-state index contributed by atoms with van der Waals surface area (Å²) in [7, 11) is 1.87. The maximum Gasteiger partial charge on any atom is 0.241 e. The van der Waals surface area contributed by atoms with Crippen LogP contribution in [0.4, 0.5) is 10.1 Å². The minimum absolute atomic E-state index is 0.211. The smallest absolute Gasteiger partial charge is 0.241 e. The van der Waals surface area contributed by atoms with Crippen molar-refractivity contribution in [3.63, 3.8) is 0 Å². The third-order valence-corrected chi connectivity index (χ3v) is 3.45. The number of para-hydroxylation sites is 1. The molecule has 0 aliphatic carbocycles. The SMILES string of the molecule is C[C@H](C(=O)Nc1ccccc1F)N(C)Cc1ccccc1. The predicted molar refractivity (Wildman–Crippen MR) is 82.4 cm³/mol. The molecule has 21 heavy (non-hydrogen) atoms. The highest BCUT2D eigenvalue weighted by Crippen LogP contribution is 2.14. The fraction of sp³-hybridized carbons (Fsp3) is 0.235. The second-order valence-corrected chi connectivity index (χ2v) is 5.05. The van der Waals surface area contributed by atoms with Crippen molar-refractivity contribution < 1.29 is 9.18 Å². The maximum atomic E-state index is 13.5. The highest BCUT2D eigenvalue weighted by Gasteiger charge is 2.19. The molecule has 3 nitrogen and oxygen atoms in total. The summed E-state index contributed by atoms with van der Waals surface area (Å²) in [5, 5.41) is 2.62. The molecule has 0 aromatic heterocycles. The summed E-state index contributed by atoms with van der Waals surface area (Å²) in [6.07, 6.45) is 0. The van der Waals surface area contributed by atoms with Crippen molar-refractivity contribution in [1.82, 2.24) is 4.90 Å². The van der Waals surface area contributed by atoms with E-state index in [-0.39, 0.29) is 17.6 Å². The van der Waals surface area contributed by atoms with Gasteiger partial charge in [0.2, 0.25) is 5.91 Å². The molecule has 4 heteroatoms. The molecule has 0 spiro atoms. The largest absolute Gasteiger partial charge is 0.322 e. The van der Waals surface area contributed by atoms with E-state index in [1.807, 2.05) is 42.3 Å². The average Bonchev–Trinajstić information content (AvgIpc) is 2.49. The van der Waals surface area contributed by atoms with Crippen molar-refractivity contribution in [2.75, 3.05) is 12.4 Å². The Morgan fingerprint density at radius 2 is 1.76 bits per heavy atom. The first-order valence-electron chi connectivity index (χ1n) is 6.87. The first-order valence-corrected chi connectivity index (χ1v) is 6.87. The Kier molecular flexibility index (Phi) is 5.06. The molecule has 0 saturated carbocycles. The van der Waals surface area contributed by atoms with Gasteiger partial charge in [-0.15, -0.1) is 0 Å². The number of carbonyl (C=O) groups is 1. The van der Waals surface area contributed by atoms with E-state index in [2.05, 4.69) is 5.32 Å². The molecule has 110 valence electrons. The van der Waals surface area contributed by atoms with Crippen molar-refractivity contribution in [3.8, 4) is 0 Å². The van der Waals surface area contributed by atoms with Crippen LogP contribution < -0.4 is 5.32 Å². The maximum absolute atomic E-state index is 13.5. The van der Waals surface area contributed by atoms with Crippen LogP contribution in [0.2, 0.25) is 0 Å². The quantitative estimate of drug-likeness (QED) is 0.914. The minimum Gasteiger partial charge on any atom is -0.322 e. The van der Waals surface area contributed by atoms with E-state index in [9.17, 15) is 9.18 Å². The van der Waals surface area contributed by atoms with Gasteiger partial charge in [-0.05, 0) is 31.7 Å². The molecular weight excluding hydrogens is 267 g/mol. The molecule has 1 atom stereocenters. The number of benzene rings is 2. The number of nitrogens with one attached hydrogen (secondary N) is 1. The van der Waals surface area contributed by atoms with Crippen molar-refractivity contribution in [2.45, 2.75) is 19.5 Å². The second kappa shape index (κ2) is 6.99. The molecule has 0 heterocycles. The Morgan fingerprint density at radius 3 is 2.43 bits per heavy atom. The van der Waals surface area contributed by atoms with Gasteiger partial charge in [-0.25, -0.2) is 4.39 Å². The van der Waals surface area contributed by atoms with Gasteiger partial charge in [0.05, 0.1) is 11.7 Å². The van der Waals surface area contributed by atoms with Crippen LogP contribution in [0.1, 0.15) is 12.5 Å². The van der Waals surface area contributed by atoms with Crippen LogP contribution in [0.25, 0.3) is 0 Å². The van der Waals surface area contributed by atoms with Crippen LogP contribution in [-0.2, 0) is 11.3 Å². The third-order valence-electron chi connectivity index (χ3n) is 3.45. The molecule has 0 radical (unpaired) electrons. The number of amides is 1. The highest BCUT2D eigenvalue weighted by atomic mass is 19.1. The van der Waals surface area contributed by atoms with Gasteiger partial charge in [-0.3, -0.25) is 9.69 Å². The number of halogens is 1. The van der Waals surface area contributed by atoms with Crippen molar-refractivity contribution in [2.24, 2.45) is 0 Å². The van der Waals surface area contributed by atoms with Gasteiger partial charge < -0.3 is 5.32 Å². The number of rotatable bonds is 5. The van der Waals surface area contributed by atoms with Gasteiger partial charge in [-0.1, -0.05) is 42.5 Å². The molecule has 1 N–H and O–H groups in total. The number of likely N-dealkylation sites (N-methyl/N-ethyl adjacent to an activating group) is 1. The Morgan fingerprint density at radius 1 is 1.14 bits per heavy atom. The molecular formula is C17H19FN2O. The second-order valence-electron chi connectivity index (χ2n) is 5.05. The van der Waals surface area contributed by atoms with Gasteiger partial charge in [-0.2, -0.15) is 0 Å². The van der Waals surface area contributed by atoms with Gasteiger partial charge >= 0.3 is 0 Å². The van der Waals surface area contributed by atoms with Crippen molar-refractivity contribution in [3.05, 3.63) is 66.0 Å². The van der Waals surface area contributed by atoms with Gasteiger partial charge in [0.1, 0.15) is 5.82 Å². The van der Waals surface area contributed by atoms with E-state index in [0.717, 1.165) is 5.56 Å². The molecule has 0 saturated heterocycles. The van der Waals surface area contributed by atoms with Crippen LogP contribution >= 0.6 is 0 Å². The van der Waals surface area contributed by atoms with E-state index in [1.54, 1.807) is 25.1 Å². The zero-order valence-corrected chi connectivity index (χ0v) is 12.2. The van der Waals surface area contributed by atoms with E-state index < -0.39 is 5.82 Å². The van der Waals surface area contributed by atoms with Crippen LogP contribution in [0.5, 0.6) is 0 Å². The summed E-state index contributed by atoms with van der Waals surface area (Å²) >= 11 is 0. The van der Waals surface area contributed by atoms with Gasteiger partial charge in [0, 0.05) is 6.54 Å². The van der Waals surface area contributed by atoms with Gasteiger partial charge in [0.25, 0.3) is 0 Å². The molecule has 0 fully saturated rings. The van der Waals surface area contributed by atoms with Crippen LogP contribution in [0.15, 0.2) is 54.6 Å². The molecule has 0 aliphatic rings. The van der Waals surface area contributed by atoms with E-state index in [0.29, 0.717) is 6.54 Å². The summed E-state index contributed by atoms with van der Waals surface area (Å²) in [4.78, 5) is 14.1. The molecule has 2 rings (SSSR count). The predicted octanol–water partition coefficient (Wildman–Crippen LogP) is 3.28. The number of carbonyl (C=O) groups excluding carboxylic acids is 1. The topological polar surface area (TPSA) is 32.3 Å². The first-order chi connectivity index (χ1) is 10.1. The number of hydrogen-bond donors (Lipinski definition) is 1. The fourth-order valence-electron chi connectivity index (χ4n) is 2.01. The summed E-state index contributed by atoms with van der Waals surface area (Å²) in [5.41, 5.74) is 1.34.